The summed E-state index contributed by atoms with van der Waals surface area (Å²) in [7, 11) is 1.41. The summed E-state index contributed by atoms with van der Waals surface area (Å²) in [6, 6.07) is 7.99. The highest BCUT2D eigenvalue weighted by Gasteiger charge is 2.21. The second-order valence-corrected chi connectivity index (χ2v) is 6.23. The number of nitrogens with one attached hydrogen (secondary N) is 1. The normalized spacial score (nSPS) is 12.1. The third kappa shape index (κ3) is 4.93. The first-order chi connectivity index (χ1) is 12.3. The highest BCUT2D eigenvalue weighted by Crippen LogP contribution is 2.23. The summed E-state index contributed by atoms with van der Waals surface area (Å²) >= 11 is 5.95. The summed E-state index contributed by atoms with van der Waals surface area (Å²) in [6.45, 7) is 4.63. The zero-order valence-electron chi connectivity index (χ0n) is 14.9. The van der Waals surface area contributed by atoms with Crippen LogP contribution in [0.4, 0.5) is 14.5 Å². The molecule has 0 radical (unpaired) electrons. The van der Waals surface area contributed by atoms with E-state index in [0.29, 0.717) is 18.8 Å². The number of likely N-dealkylation sites (N-methyl/N-ethyl adjacent to an activating group) is 1. The number of carbonyl (C=O) groups is 1. The van der Waals surface area contributed by atoms with E-state index in [0.717, 1.165) is 11.6 Å². The molecule has 0 aromatic heterocycles. The minimum Gasteiger partial charge on any atom is -0.494 e. The van der Waals surface area contributed by atoms with Crippen LogP contribution in [0.1, 0.15) is 19.4 Å². The minimum absolute atomic E-state index is 0.130. The number of benzene rings is 2. The quantitative estimate of drug-likeness (QED) is 0.767. The Morgan fingerprint density at radius 2 is 2.00 bits per heavy atom. The molecule has 0 saturated carbocycles. The summed E-state index contributed by atoms with van der Waals surface area (Å²) in [5, 5.41) is 2.82. The molecule has 4 nitrogen and oxygen atoms in total. The Kier molecular flexibility index (Phi) is 6.94. The molecule has 2 rings (SSSR count). The molecule has 0 bridgehead atoms. The maximum absolute atomic E-state index is 13.9. The molecule has 0 spiro atoms. The van der Waals surface area contributed by atoms with Crippen LogP contribution in [0.3, 0.4) is 0 Å². The Morgan fingerprint density at radius 3 is 2.58 bits per heavy atom. The first kappa shape index (κ1) is 20.1. The van der Waals surface area contributed by atoms with Crippen LogP contribution in [0.15, 0.2) is 36.4 Å². The van der Waals surface area contributed by atoms with E-state index >= 15 is 0 Å². The Hall–Kier alpha value is -2.18. The summed E-state index contributed by atoms with van der Waals surface area (Å²) in [5.74, 6) is -1.03. The lowest BCUT2D eigenvalue weighted by Crippen LogP contribution is -2.41. The van der Waals surface area contributed by atoms with Crippen molar-refractivity contribution in [2.24, 2.45) is 0 Å². The fourth-order valence-corrected chi connectivity index (χ4v) is 2.77. The van der Waals surface area contributed by atoms with E-state index in [9.17, 15) is 13.6 Å². The molecule has 2 aromatic carbocycles. The Balaban J connectivity index is 2.08. The molecule has 0 aliphatic rings. The van der Waals surface area contributed by atoms with Crippen LogP contribution < -0.4 is 10.1 Å². The molecule has 1 N–H and O–H groups in total. The Morgan fingerprint density at radius 1 is 1.27 bits per heavy atom. The number of nitrogens with zero attached hydrogens (tertiary/aromatic N) is 1. The lowest BCUT2D eigenvalue weighted by molar-refractivity contribution is -0.120. The molecule has 0 heterocycles. The first-order valence-corrected chi connectivity index (χ1v) is 8.55. The Labute approximate surface area is 156 Å². The van der Waals surface area contributed by atoms with Gasteiger partial charge in [0.25, 0.3) is 0 Å². The van der Waals surface area contributed by atoms with Gasteiger partial charge in [0.15, 0.2) is 11.6 Å². The molecule has 0 saturated heterocycles. The summed E-state index contributed by atoms with van der Waals surface area (Å²) in [6.07, 6.45) is 0. The zero-order chi connectivity index (χ0) is 19.3. The number of hydrogen-bond acceptors (Lipinski definition) is 3. The van der Waals surface area contributed by atoms with Crippen molar-refractivity contribution in [3.05, 3.63) is 58.6 Å². The highest BCUT2D eigenvalue weighted by molar-refractivity contribution is 6.33. The van der Waals surface area contributed by atoms with Gasteiger partial charge in [-0.2, -0.15) is 0 Å². The van der Waals surface area contributed by atoms with Gasteiger partial charge in [-0.05, 0) is 49.4 Å². The van der Waals surface area contributed by atoms with Crippen molar-refractivity contribution in [3.8, 4) is 5.75 Å². The maximum Gasteiger partial charge on any atom is 0.241 e. The highest BCUT2D eigenvalue weighted by atomic mass is 35.5. The van der Waals surface area contributed by atoms with Crippen molar-refractivity contribution in [2.45, 2.75) is 26.4 Å². The van der Waals surface area contributed by atoms with Crippen molar-refractivity contribution in [1.82, 2.24) is 4.90 Å². The van der Waals surface area contributed by atoms with Crippen LogP contribution in [0, 0.1) is 11.6 Å². The molecule has 0 fully saturated rings. The predicted molar refractivity (Wildman–Crippen MR) is 98.5 cm³/mol. The summed E-state index contributed by atoms with van der Waals surface area (Å²) in [4.78, 5) is 14.4. The van der Waals surface area contributed by atoms with Gasteiger partial charge < -0.3 is 10.1 Å². The molecule has 1 amide bonds. The number of carbonyl (C=O) groups excluding carboxylic acids is 1. The largest absolute Gasteiger partial charge is 0.494 e. The number of ether oxygens (including phenoxy) is 1. The molecule has 7 heteroatoms. The van der Waals surface area contributed by atoms with Crippen LogP contribution in [0.2, 0.25) is 5.02 Å². The van der Waals surface area contributed by atoms with Crippen LogP contribution >= 0.6 is 11.6 Å². The van der Waals surface area contributed by atoms with Crippen molar-refractivity contribution in [2.75, 3.05) is 19.0 Å². The van der Waals surface area contributed by atoms with E-state index in [-0.39, 0.29) is 16.7 Å². The summed E-state index contributed by atoms with van der Waals surface area (Å²) < 4.78 is 31.9. The van der Waals surface area contributed by atoms with E-state index in [2.05, 4.69) is 5.32 Å². The lowest BCUT2D eigenvalue weighted by atomic mass is 10.1. The topological polar surface area (TPSA) is 41.6 Å². The molecule has 0 unspecified atom stereocenters. The lowest BCUT2D eigenvalue weighted by Gasteiger charge is -2.27. The predicted octanol–water partition coefficient (Wildman–Crippen LogP) is 4.48. The number of rotatable bonds is 7. The molecular weight excluding hydrogens is 362 g/mol. The van der Waals surface area contributed by atoms with E-state index in [1.54, 1.807) is 19.1 Å². The Bertz CT molecular complexity index is 786. The molecule has 140 valence electrons. The first-order valence-electron chi connectivity index (χ1n) is 8.18. The standard InChI is InChI=1S/C19H21ClF2N2O2/c1-4-24(11-13-5-8-18(26-3)16(22)9-13)12(2)19(25)23-17-7-6-14(21)10-15(17)20/h5-10,12H,4,11H2,1-3H3,(H,23,25)/t12-/m1/s1. The van der Waals surface area contributed by atoms with E-state index in [1.165, 1.54) is 25.3 Å². The van der Waals surface area contributed by atoms with Crippen LogP contribution in [0.5, 0.6) is 5.75 Å². The number of amides is 1. The van der Waals surface area contributed by atoms with Crippen LogP contribution in [-0.2, 0) is 11.3 Å². The van der Waals surface area contributed by atoms with E-state index in [1.807, 2.05) is 11.8 Å². The van der Waals surface area contributed by atoms with Crippen molar-refractivity contribution >= 4 is 23.2 Å². The van der Waals surface area contributed by atoms with Crippen LogP contribution in [0.25, 0.3) is 0 Å². The number of methoxy groups -OCH3 is 1. The second-order valence-electron chi connectivity index (χ2n) is 5.82. The molecular formula is C19H21ClF2N2O2. The zero-order valence-corrected chi connectivity index (χ0v) is 15.6. The fraction of sp³-hybridized carbons (Fsp3) is 0.316. The molecule has 1 atom stereocenters. The fourth-order valence-electron chi connectivity index (χ4n) is 2.56. The van der Waals surface area contributed by atoms with Gasteiger partial charge in [-0.3, -0.25) is 9.69 Å². The van der Waals surface area contributed by atoms with Gasteiger partial charge in [0, 0.05) is 6.54 Å². The average molecular weight is 383 g/mol. The molecule has 26 heavy (non-hydrogen) atoms. The monoisotopic (exact) mass is 382 g/mol. The van der Waals surface area contributed by atoms with Gasteiger partial charge in [-0.25, -0.2) is 8.78 Å². The number of halogens is 3. The third-order valence-electron chi connectivity index (χ3n) is 4.12. The maximum atomic E-state index is 13.9. The van der Waals surface area contributed by atoms with Crippen molar-refractivity contribution in [3.63, 3.8) is 0 Å². The third-order valence-corrected chi connectivity index (χ3v) is 4.44. The molecule has 0 aliphatic heterocycles. The smallest absolute Gasteiger partial charge is 0.241 e. The van der Waals surface area contributed by atoms with E-state index < -0.39 is 17.7 Å². The second kappa shape index (κ2) is 8.96. The van der Waals surface area contributed by atoms with Gasteiger partial charge in [0.1, 0.15) is 5.82 Å². The number of hydrogen-bond donors (Lipinski definition) is 1. The van der Waals surface area contributed by atoms with Gasteiger partial charge in [-0.15, -0.1) is 0 Å². The SMILES string of the molecule is CCN(Cc1ccc(OC)c(F)c1)[C@H](C)C(=O)Nc1ccc(F)cc1Cl. The molecule has 2 aromatic rings. The van der Waals surface area contributed by atoms with Crippen molar-refractivity contribution < 1.29 is 18.3 Å². The van der Waals surface area contributed by atoms with Crippen LogP contribution in [-0.4, -0.2) is 30.5 Å². The molecule has 0 aliphatic carbocycles. The van der Waals surface area contributed by atoms with Gasteiger partial charge >= 0.3 is 0 Å². The number of anilines is 1. The van der Waals surface area contributed by atoms with Gasteiger partial charge in [-0.1, -0.05) is 24.6 Å². The van der Waals surface area contributed by atoms with Gasteiger partial charge in [0.05, 0.1) is 23.9 Å². The van der Waals surface area contributed by atoms with Gasteiger partial charge in [0.2, 0.25) is 5.91 Å². The van der Waals surface area contributed by atoms with Crippen molar-refractivity contribution in [1.29, 1.82) is 0 Å². The average Bonchev–Trinajstić information content (AvgIpc) is 2.61. The minimum atomic E-state index is -0.494. The van der Waals surface area contributed by atoms with E-state index in [4.69, 9.17) is 16.3 Å². The summed E-state index contributed by atoms with van der Waals surface area (Å²) in [5.41, 5.74) is 1.07.